The molecule has 0 saturated carbocycles. The van der Waals surface area contributed by atoms with Crippen molar-refractivity contribution in [2.75, 3.05) is 13.1 Å². The Hall–Kier alpha value is -1.22. The van der Waals surface area contributed by atoms with Crippen molar-refractivity contribution in [3.63, 3.8) is 0 Å². The van der Waals surface area contributed by atoms with Gasteiger partial charge in [0.25, 0.3) is 5.91 Å². The van der Waals surface area contributed by atoms with Crippen molar-refractivity contribution in [1.82, 2.24) is 30.6 Å². The van der Waals surface area contributed by atoms with Crippen LogP contribution in [0.2, 0.25) is 0 Å². The van der Waals surface area contributed by atoms with Gasteiger partial charge in [-0.05, 0) is 46.7 Å². The maximum absolute atomic E-state index is 12.5. The number of carbonyl (C=O) groups is 1. The molecule has 140 valence electrons. The number of rotatable bonds is 4. The van der Waals surface area contributed by atoms with Gasteiger partial charge in [-0.25, -0.2) is 9.67 Å². The molecule has 2 aromatic rings. The van der Waals surface area contributed by atoms with Gasteiger partial charge in [0.15, 0.2) is 5.69 Å². The van der Waals surface area contributed by atoms with E-state index in [0.717, 1.165) is 36.6 Å². The summed E-state index contributed by atoms with van der Waals surface area (Å²) in [7, 11) is 0. The molecule has 0 aliphatic carbocycles. The second-order valence-corrected chi connectivity index (χ2v) is 7.30. The number of aryl methyl sites for hydroxylation is 1. The lowest BCUT2D eigenvalue weighted by Crippen LogP contribution is -2.41. The molecule has 1 aliphatic heterocycles. The molecule has 0 bridgehead atoms. The summed E-state index contributed by atoms with van der Waals surface area (Å²) in [5.74, 6) is -0.219. The molecule has 3 heterocycles. The SMILES string of the molecule is Cc1csc(C(C)(C)NC(=O)c2cn(C3CCNCC3)nn2)n1.Cl.Cl. The van der Waals surface area contributed by atoms with E-state index < -0.39 is 5.54 Å². The summed E-state index contributed by atoms with van der Waals surface area (Å²) in [6.07, 6.45) is 3.76. The molecule has 10 heteroatoms. The quantitative estimate of drug-likeness (QED) is 0.814. The molecule has 1 fully saturated rings. The van der Waals surface area contributed by atoms with Crippen molar-refractivity contribution in [1.29, 1.82) is 0 Å². The number of piperidine rings is 1. The molecule has 2 N–H and O–H groups in total. The van der Waals surface area contributed by atoms with Crippen molar-refractivity contribution in [3.05, 3.63) is 28.0 Å². The Labute approximate surface area is 163 Å². The maximum atomic E-state index is 12.5. The highest BCUT2D eigenvalue weighted by atomic mass is 35.5. The fraction of sp³-hybridized carbons (Fsp3) is 0.600. The van der Waals surface area contributed by atoms with Gasteiger partial charge in [0.1, 0.15) is 5.01 Å². The predicted octanol–water partition coefficient (Wildman–Crippen LogP) is 2.48. The largest absolute Gasteiger partial charge is 0.339 e. The Balaban J connectivity index is 0.00000156. The molecule has 1 saturated heterocycles. The Morgan fingerprint density at radius 2 is 2.04 bits per heavy atom. The van der Waals surface area contributed by atoms with Crippen LogP contribution in [-0.2, 0) is 5.54 Å². The van der Waals surface area contributed by atoms with Crippen LogP contribution < -0.4 is 10.6 Å². The molecule has 2 aromatic heterocycles. The summed E-state index contributed by atoms with van der Waals surface area (Å²) in [5, 5.41) is 17.4. The second-order valence-electron chi connectivity index (χ2n) is 6.44. The fourth-order valence-corrected chi connectivity index (χ4v) is 3.55. The summed E-state index contributed by atoms with van der Waals surface area (Å²) >= 11 is 1.55. The molecule has 3 rings (SSSR count). The number of thiazole rings is 1. The normalized spacial score (nSPS) is 15.2. The lowest BCUT2D eigenvalue weighted by Gasteiger charge is -2.23. The van der Waals surface area contributed by atoms with E-state index >= 15 is 0 Å². The Kier molecular flexibility index (Phi) is 7.80. The third-order valence-corrected chi connectivity index (χ3v) is 5.29. The highest BCUT2D eigenvalue weighted by molar-refractivity contribution is 7.09. The van der Waals surface area contributed by atoms with Crippen LogP contribution in [0.5, 0.6) is 0 Å². The summed E-state index contributed by atoms with van der Waals surface area (Å²) in [6, 6.07) is 0.319. The summed E-state index contributed by atoms with van der Waals surface area (Å²) in [6.45, 7) is 7.79. The first-order chi connectivity index (χ1) is 11.0. The van der Waals surface area contributed by atoms with E-state index in [1.165, 1.54) is 0 Å². The average molecular weight is 407 g/mol. The number of nitrogens with zero attached hydrogens (tertiary/aromatic N) is 4. The Bertz CT molecular complexity index is 696. The van der Waals surface area contributed by atoms with Gasteiger partial charge in [-0.1, -0.05) is 5.21 Å². The monoisotopic (exact) mass is 406 g/mol. The highest BCUT2D eigenvalue weighted by Gasteiger charge is 2.28. The van der Waals surface area contributed by atoms with E-state index in [1.807, 2.05) is 30.8 Å². The molecular formula is C15H24Cl2N6OS. The fourth-order valence-electron chi connectivity index (χ4n) is 2.67. The highest BCUT2D eigenvalue weighted by Crippen LogP contribution is 2.24. The zero-order chi connectivity index (χ0) is 16.4. The molecule has 7 nitrogen and oxygen atoms in total. The van der Waals surface area contributed by atoms with Gasteiger partial charge >= 0.3 is 0 Å². The minimum atomic E-state index is -0.533. The predicted molar refractivity (Wildman–Crippen MR) is 103 cm³/mol. The van der Waals surface area contributed by atoms with Gasteiger partial charge in [-0.15, -0.1) is 41.2 Å². The van der Waals surface area contributed by atoms with Crippen LogP contribution in [0.1, 0.15) is 53.9 Å². The smallest absolute Gasteiger partial charge is 0.274 e. The number of aromatic nitrogens is 4. The van der Waals surface area contributed by atoms with E-state index in [-0.39, 0.29) is 30.7 Å². The first-order valence-corrected chi connectivity index (χ1v) is 8.71. The topological polar surface area (TPSA) is 84.7 Å². The van der Waals surface area contributed by atoms with Crippen LogP contribution in [0, 0.1) is 6.92 Å². The molecule has 1 amide bonds. The number of hydrogen-bond acceptors (Lipinski definition) is 6. The molecule has 0 radical (unpaired) electrons. The number of amides is 1. The van der Waals surface area contributed by atoms with Crippen molar-refractivity contribution < 1.29 is 4.79 Å². The second kappa shape index (κ2) is 8.93. The van der Waals surface area contributed by atoms with E-state index in [2.05, 4.69) is 25.9 Å². The standard InChI is InChI=1S/C15H22N6OS.2ClH/c1-10-9-23-14(17-10)15(2,3)18-13(22)12-8-21(20-19-12)11-4-6-16-7-5-11;;/h8-9,11,16H,4-7H2,1-3H3,(H,18,22);2*1H. The summed E-state index contributed by atoms with van der Waals surface area (Å²) < 4.78 is 1.82. The van der Waals surface area contributed by atoms with Gasteiger partial charge in [-0.2, -0.15) is 0 Å². The number of hydrogen-bond donors (Lipinski definition) is 2. The van der Waals surface area contributed by atoms with E-state index in [4.69, 9.17) is 0 Å². The molecule has 25 heavy (non-hydrogen) atoms. The first kappa shape index (κ1) is 21.8. The third-order valence-electron chi connectivity index (χ3n) is 4.01. The average Bonchev–Trinajstić information content (AvgIpc) is 3.17. The van der Waals surface area contributed by atoms with Crippen LogP contribution in [0.3, 0.4) is 0 Å². The number of halogens is 2. The molecule has 0 aromatic carbocycles. The van der Waals surface area contributed by atoms with Crippen LogP contribution in [0.15, 0.2) is 11.6 Å². The van der Waals surface area contributed by atoms with Crippen LogP contribution in [0.25, 0.3) is 0 Å². The van der Waals surface area contributed by atoms with E-state index in [1.54, 1.807) is 17.5 Å². The molecule has 0 atom stereocenters. The minimum Gasteiger partial charge on any atom is -0.339 e. The molecule has 0 spiro atoms. The molecular weight excluding hydrogens is 383 g/mol. The Morgan fingerprint density at radius 3 is 2.64 bits per heavy atom. The van der Waals surface area contributed by atoms with E-state index in [9.17, 15) is 4.79 Å². The van der Waals surface area contributed by atoms with Gasteiger partial charge in [0.05, 0.1) is 17.8 Å². The lowest BCUT2D eigenvalue weighted by atomic mass is 10.1. The van der Waals surface area contributed by atoms with Crippen molar-refractivity contribution >= 4 is 42.1 Å². The summed E-state index contributed by atoms with van der Waals surface area (Å²) in [5.41, 5.74) is 0.781. The van der Waals surface area contributed by atoms with Gasteiger partial charge < -0.3 is 10.6 Å². The number of carbonyl (C=O) groups excluding carboxylic acids is 1. The Morgan fingerprint density at radius 1 is 1.36 bits per heavy atom. The molecule has 0 unspecified atom stereocenters. The minimum absolute atomic E-state index is 0. The summed E-state index contributed by atoms with van der Waals surface area (Å²) in [4.78, 5) is 16.9. The van der Waals surface area contributed by atoms with Crippen molar-refractivity contribution in [2.24, 2.45) is 0 Å². The van der Waals surface area contributed by atoms with Gasteiger partial charge in [-0.3, -0.25) is 4.79 Å². The maximum Gasteiger partial charge on any atom is 0.274 e. The third kappa shape index (κ3) is 5.13. The van der Waals surface area contributed by atoms with Crippen molar-refractivity contribution in [2.45, 2.75) is 45.2 Å². The van der Waals surface area contributed by atoms with Crippen LogP contribution >= 0.6 is 36.2 Å². The van der Waals surface area contributed by atoms with Gasteiger partial charge in [0.2, 0.25) is 0 Å². The van der Waals surface area contributed by atoms with Gasteiger partial charge in [0, 0.05) is 11.1 Å². The molecule has 1 aliphatic rings. The van der Waals surface area contributed by atoms with Crippen LogP contribution in [-0.4, -0.2) is 39.0 Å². The zero-order valence-corrected chi connectivity index (χ0v) is 16.9. The van der Waals surface area contributed by atoms with E-state index in [0.29, 0.717) is 11.7 Å². The first-order valence-electron chi connectivity index (χ1n) is 7.83. The van der Waals surface area contributed by atoms with Crippen LogP contribution in [0.4, 0.5) is 0 Å². The number of nitrogens with one attached hydrogen (secondary N) is 2. The lowest BCUT2D eigenvalue weighted by molar-refractivity contribution is 0.0906. The van der Waals surface area contributed by atoms with Crippen molar-refractivity contribution in [3.8, 4) is 0 Å². The zero-order valence-electron chi connectivity index (χ0n) is 14.5.